The van der Waals surface area contributed by atoms with Crippen LogP contribution in [0.15, 0.2) is 79.3 Å². The van der Waals surface area contributed by atoms with Crippen LogP contribution in [0.25, 0.3) is 22.2 Å². The maximum atomic E-state index is 11.0. The van der Waals surface area contributed by atoms with E-state index in [1.54, 1.807) is 0 Å². The highest BCUT2D eigenvalue weighted by Crippen LogP contribution is 2.34. The first-order valence-electron chi connectivity index (χ1n) is 10.4. The van der Waals surface area contributed by atoms with Gasteiger partial charge in [-0.15, -0.1) is 0 Å². The predicted molar refractivity (Wildman–Crippen MR) is 126 cm³/mol. The standard InChI is InChI=1S/C25H25N5O2/c1-18(31)27-12-5-6-13-30-15-22(23-24(26)28-17-29-25(23)30)20-10-7-11-21(14-20)32-16-19-8-3-2-4-9-19/h2-11,14-15,17H,12-13,16H2,1H3,(H,27,31)(H2,26,28,29). The van der Waals surface area contributed by atoms with Crippen molar-refractivity contribution in [1.82, 2.24) is 19.9 Å². The summed E-state index contributed by atoms with van der Waals surface area (Å²) >= 11 is 0. The van der Waals surface area contributed by atoms with Crippen molar-refractivity contribution in [3.8, 4) is 16.9 Å². The Morgan fingerprint density at radius 2 is 1.97 bits per heavy atom. The van der Waals surface area contributed by atoms with Crippen LogP contribution in [0.4, 0.5) is 5.82 Å². The lowest BCUT2D eigenvalue weighted by molar-refractivity contribution is -0.118. The molecule has 7 nitrogen and oxygen atoms in total. The van der Waals surface area contributed by atoms with Gasteiger partial charge in [-0.2, -0.15) is 0 Å². The van der Waals surface area contributed by atoms with Crippen molar-refractivity contribution in [2.75, 3.05) is 12.3 Å². The zero-order chi connectivity index (χ0) is 22.3. The number of hydrogen-bond donors (Lipinski definition) is 2. The summed E-state index contributed by atoms with van der Waals surface area (Å²) in [6.45, 7) is 3.07. The Bertz CT molecular complexity index is 1250. The summed E-state index contributed by atoms with van der Waals surface area (Å²) in [6, 6.07) is 18.0. The van der Waals surface area contributed by atoms with Crippen LogP contribution in [0.1, 0.15) is 12.5 Å². The van der Waals surface area contributed by atoms with Gasteiger partial charge in [0, 0.05) is 31.8 Å². The van der Waals surface area contributed by atoms with Crippen LogP contribution in [-0.4, -0.2) is 27.0 Å². The number of nitrogens with one attached hydrogen (secondary N) is 1. The maximum absolute atomic E-state index is 11.0. The van der Waals surface area contributed by atoms with E-state index in [9.17, 15) is 4.79 Å². The molecule has 162 valence electrons. The van der Waals surface area contributed by atoms with E-state index < -0.39 is 0 Å². The molecule has 32 heavy (non-hydrogen) atoms. The molecule has 0 saturated carbocycles. The number of nitrogens with zero attached hydrogens (tertiary/aromatic N) is 3. The molecule has 0 aliphatic rings. The quantitative estimate of drug-likeness (QED) is 0.415. The van der Waals surface area contributed by atoms with E-state index in [-0.39, 0.29) is 5.91 Å². The summed E-state index contributed by atoms with van der Waals surface area (Å²) in [5.41, 5.74) is 10.0. The number of anilines is 1. The SMILES string of the molecule is CC(=O)NCC=CCn1cc(-c2cccc(OCc3ccccc3)c2)c2c(N)ncnc21. The second kappa shape index (κ2) is 9.78. The zero-order valence-corrected chi connectivity index (χ0v) is 17.9. The molecule has 1 amide bonds. The van der Waals surface area contributed by atoms with E-state index >= 15 is 0 Å². The van der Waals surface area contributed by atoms with Crippen LogP contribution < -0.4 is 15.8 Å². The molecular formula is C25H25N5O2. The third-order valence-electron chi connectivity index (χ3n) is 5.01. The Balaban J connectivity index is 1.60. The number of allylic oxidation sites excluding steroid dienone is 1. The largest absolute Gasteiger partial charge is 0.489 e. The van der Waals surface area contributed by atoms with Crippen molar-refractivity contribution < 1.29 is 9.53 Å². The molecule has 7 heteroatoms. The van der Waals surface area contributed by atoms with E-state index in [1.807, 2.05) is 77.5 Å². The molecule has 2 heterocycles. The average Bonchev–Trinajstić information content (AvgIpc) is 3.18. The Morgan fingerprint density at radius 3 is 2.78 bits per heavy atom. The van der Waals surface area contributed by atoms with Crippen LogP contribution in [0.5, 0.6) is 5.75 Å². The Hall–Kier alpha value is -4.13. The second-order valence-electron chi connectivity index (χ2n) is 7.36. The number of rotatable bonds is 8. The molecule has 4 aromatic rings. The van der Waals surface area contributed by atoms with Gasteiger partial charge in [-0.3, -0.25) is 4.79 Å². The minimum atomic E-state index is -0.0572. The number of carbonyl (C=O) groups is 1. The number of amides is 1. The van der Waals surface area contributed by atoms with Gasteiger partial charge in [0.15, 0.2) is 0 Å². The molecule has 0 saturated heterocycles. The van der Waals surface area contributed by atoms with Gasteiger partial charge < -0.3 is 20.4 Å². The van der Waals surface area contributed by atoms with Crippen molar-refractivity contribution in [3.63, 3.8) is 0 Å². The van der Waals surface area contributed by atoms with Gasteiger partial charge in [-0.1, -0.05) is 54.6 Å². The summed E-state index contributed by atoms with van der Waals surface area (Å²) in [7, 11) is 0. The minimum Gasteiger partial charge on any atom is -0.489 e. The fraction of sp³-hybridized carbons (Fsp3) is 0.160. The summed E-state index contributed by atoms with van der Waals surface area (Å²) in [5, 5.41) is 3.55. The summed E-state index contributed by atoms with van der Waals surface area (Å²) in [5.74, 6) is 1.15. The summed E-state index contributed by atoms with van der Waals surface area (Å²) in [6.07, 6.45) is 7.39. The first-order chi connectivity index (χ1) is 15.6. The summed E-state index contributed by atoms with van der Waals surface area (Å²) in [4.78, 5) is 19.7. The van der Waals surface area contributed by atoms with Gasteiger partial charge in [-0.05, 0) is 23.3 Å². The maximum Gasteiger partial charge on any atom is 0.217 e. The lowest BCUT2D eigenvalue weighted by Gasteiger charge is -2.08. The number of hydrogen-bond acceptors (Lipinski definition) is 5. The van der Waals surface area contributed by atoms with Crippen molar-refractivity contribution in [3.05, 3.63) is 84.8 Å². The smallest absolute Gasteiger partial charge is 0.217 e. The van der Waals surface area contributed by atoms with E-state index in [4.69, 9.17) is 10.5 Å². The predicted octanol–water partition coefficient (Wildman–Crippen LogP) is 3.95. The van der Waals surface area contributed by atoms with Gasteiger partial charge in [0.25, 0.3) is 0 Å². The normalized spacial score (nSPS) is 11.2. The fourth-order valence-electron chi connectivity index (χ4n) is 3.47. The number of aromatic nitrogens is 3. The molecule has 0 aliphatic heterocycles. The van der Waals surface area contributed by atoms with Crippen LogP contribution in [-0.2, 0) is 17.9 Å². The van der Waals surface area contributed by atoms with Crippen LogP contribution >= 0.6 is 0 Å². The minimum absolute atomic E-state index is 0.0572. The van der Waals surface area contributed by atoms with E-state index in [0.29, 0.717) is 25.5 Å². The average molecular weight is 428 g/mol. The van der Waals surface area contributed by atoms with E-state index in [0.717, 1.165) is 33.5 Å². The highest BCUT2D eigenvalue weighted by molar-refractivity contribution is 6.00. The molecule has 0 spiro atoms. The van der Waals surface area contributed by atoms with Gasteiger partial charge in [0.1, 0.15) is 30.1 Å². The number of fused-ring (bicyclic) bond motifs is 1. The molecule has 0 atom stereocenters. The van der Waals surface area contributed by atoms with Gasteiger partial charge in [0.2, 0.25) is 5.91 Å². The second-order valence-corrected chi connectivity index (χ2v) is 7.36. The van der Waals surface area contributed by atoms with Crippen molar-refractivity contribution >= 4 is 22.8 Å². The number of nitrogens with two attached hydrogens (primary N) is 1. The first-order valence-corrected chi connectivity index (χ1v) is 10.4. The molecule has 0 aliphatic carbocycles. The van der Waals surface area contributed by atoms with Crippen LogP contribution in [0.3, 0.4) is 0 Å². The first kappa shape index (κ1) is 21.1. The van der Waals surface area contributed by atoms with Crippen molar-refractivity contribution in [2.45, 2.75) is 20.1 Å². The number of ether oxygens (including phenoxy) is 1. The monoisotopic (exact) mass is 427 g/mol. The summed E-state index contributed by atoms with van der Waals surface area (Å²) < 4.78 is 8.02. The number of benzene rings is 2. The van der Waals surface area contributed by atoms with Gasteiger partial charge >= 0.3 is 0 Å². The fourth-order valence-corrected chi connectivity index (χ4v) is 3.47. The lowest BCUT2D eigenvalue weighted by atomic mass is 10.1. The molecule has 4 rings (SSSR count). The number of nitrogen functional groups attached to an aromatic ring is 1. The van der Waals surface area contributed by atoms with Crippen molar-refractivity contribution in [1.29, 1.82) is 0 Å². The molecule has 2 aromatic carbocycles. The highest BCUT2D eigenvalue weighted by atomic mass is 16.5. The Kier molecular flexibility index (Phi) is 6.46. The Morgan fingerprint density at radius 1 is 1.12 bits per heavy atom. The highest BCUT2D eigenvalue weighted by Gasteiger charge is 2.15. The molecular weight excluding hydrogens is 402 g/mol. The van der Waals surface area contributed by atoms with Gasteiger partial charge in [0.05, 0.1) is 5.39 Å². The third kappa shape index (κ3) is 4.95. The zero-order valence-electron chi connectivity index (χ0n) is 17.9. The molecule has 3 N–H and O–H groups in total. The molecule has 0 unspecified atom stereocenters. The lowest BCUT2D eigenvalue weighted by Crippen LogP contribution is -2.19. The van der Waals surface area contributed by atoms with E-state index in [1.165, 1.54) is 13.3 Å². The molecule has 0 radical (unpaired) electrons. The van der Waals surface area contributed by atoms with Gasteiger partial charge in [-0.25, -0.2) is 9.97 Å². The van der Waals surface area contributed by atoms with Crippen LogP contribution in [0.2, 0.25) is 0 Å². The van der Waals surface area contributed by atoms with E-state index in [2.05, 4.69) is 15.3 Å². The third-order valence-corrected chi connectivity index (χ3v) is 5.01. The molecule has 0 fully saturated rings. The molecule has 2 aromatic heterocycles. The Labute approximate surface area is 186 Å². The van der Waals surface area contributed by atoms with Crippen molar-refractivity contribution in [2.24, 2.45) is 0 Å². The molecule has 0 bridgehead atoms. The number of carbonyl (C=O) groups excluding carboxylic acids is 1. The topological polar surface area (TPSA) is 95.1 Å². The van der Waals surface area contributed by atoms with Crippen LogP contribution in [0, 0.1) is 0 Å².